The van der Waals surface area contributed by atoms with Gasteiger partial charge in [0.25, 0.3) is 0 Å². The van der Waals surface area contributed by atoms with Crippen LogP contribution in [0.3, 0.4) is 0 Å². The van der Waals surface area contributed by atoms with Gasteiger partial charge in [0.2, 0.25) is 0 Å². The molecule has 0 radical (unpaired) electrons. The van der Waals surface area contributed by atoms with Gasteiger partial charge in [-0.05, 0) is 31.2 Å². The van der Waals surface area contributed by atoms with E-state index in [1.54, 1.807) is 0 Å². The number of aldehydes is 1. The number of carbonyl (C=O) groups is 1. The summed E-state index contributed by atoms with van der Waals surface area (Å²) in [5, 5.41) is 0. The van der Waals surface area contributed by atoms with Gasteiger partial charge >= 0.3 is 0 Å². The highest BCUT2D eigenvalue weighted by Gasteiger charge is 1.92. The highest BCUT2D eigenvalue weighted by molar-refractivity contribution is 7.99. The standard InChI is InChI=1S/C11H14OS/c1-10-4-6-11(7-5-10)13-9-3-2-8-12/h4-8H,2-3,9H2,1H3. The SMILES string of the molecule is Cc1ccc(SCCCC=O)cc1. The summed E-state index contributed by atoms with van der Waals surface area (Å²) in [6, 6.07) is 8.48. The van der Waals surface area contributed by atoms with Gasteiger partial charge in [-0.3, -0.25) is 0 Å². The second-order valence-electron chi connectivity index (χ2n) is 2.97. The Labute approximate surface area is 83.5 Å². The number of benzene rings is 1. The fourth-order valence-corrected chi connectivity index (χ4v) is 1.87. The van der Waals surface area contributed by atoms with Crippen LogP contribution in [0.25, 0.3) is 0 Å². The third-order valence-corrected chi connectivity index (χ3v) is 2.85. The molecule has 0 bridgehead atoms. The molecule has 0 aliphatic heterocycles. The molecular formula is C11H14OS. The molecule has 0 aliphatic rings. The van der Waals surface area contributed by atoms with Crippen molar-refractivity contribution in [1.82, 2.24) is 0 Å². The fourth-order valence-electron chi connectivity index (χ4n) is 0.991. The van der Waals surface area contributed by atoms with Gasteiger partial charge in [0.1, 0.15) is 6.29 Å². The third kappa shape index (κ3) is 4.13. The zero-order chi connectivity index (χ0) is 9.52. The first kappa shape index (κ1) is 10.3. The van der Waals surface area contributed by atoms with Crippen molar-refractivity contribution in [3.63, 3.8) is 0 Å². The van der Waals surface area contributed by atoms with E-state index < -0.39 is 0 Å². The van der Waals surface area contributed by atoms with E-state index in [1.165, 1.54) is 10.5 Å². The largest absolute Gasteiger partial charge is 0.303 e. The van der Waals surface area contributed by atoms with Gasteiger partial charge in [-0.2, -0.15) is 0 Å². The second-order valence-corrected chi connectivity index (χ2v) is 4.14. The van der Waals surface area contributed by atoms with Gasteiger partial charge in [0.15, 0.2) is 0 Å². The molecule has 70 valence electrons. The van der Waals surface area contributed by atoms with Crippen LogP contribution in [0.2, 0.25) is 0 Å². The molecule has 0 spiro atoms. The minimum absolute atomic E-state index is 0.679. The molecule has 0 amide bonds. The van der Waals surface area contributed by atoms with Crippen molar-refractivity contribution in [3.05, 3.63) is 29.8 Å². The minimum atomic E-state index is 0.679. The topological polar surface area (TPSA) is 17.1 Å². The van der Waals surface area contributed by atoms with Gasteiger partial charge < -0.3 is 4.79 Å². The van der Waals surface area contributed by atoms with Crippen molar-refractivity contribution in [2.75, 3.05) is 5.75 Å². The molecule has 2 heteroatoms. The normalized spacial score (nSPS) is 9.92. The van der Waals surface area contributed by atoms with Gasteiger partial charge in [0.05, 0.1) is 0 Å². The van der Waals surface area contributed by atoms with Crippen molar-refractivity contribution in [1.29, 1.82) is 0 Å². The summed E-state index contributed by atoms with van der Waals surface area (Å²) in [5.74, 6) is 1.03. The van der Waals surface area contributed by atoms with E-state index >= 15 is 0 Å². The van der Waals surface area contributed by atoms with Gasteiger partial charge in [0, 0.05) is 11.3 Å². The highest BCUT2D eigenvalue weighted by atomic mass is 32.2. The lowest BCUT2D eigenvalue weighted by molar-refractivity contribution is -0.107. The maximum absolute atomic E-state index is 10.1. The van der Waals surface area contributed by atoms with Crippen LogP contribution >= 0.6 is 11.8 Å². The molecule has 0 heterocycles. The summed E-state index contributed by atoms with van der Waals surface area (Å²) in [6.07, 6.45) is 2.64. The predicted molar refractivity (Wildman–Crippen MR) is 57.2 cm³/mol. The van der Waals surface area contributed by atoms with E-state index in [9.17, 15) is 4.79 Å². The highest BCUT2D eigenvalue weighted by Crippen LogP contribution is 2.19. The quantitative estimate of drug-likeness (QED) is 0.407. The average Bonchev–Trinajstić information content (AvgIpc) is 2.15. The summed E-state index contributed by atoms with van der Waals surface area (Å²) < 4.78 is 0. The van der Waals surface area contributed by atoms with E-state index in [-0.39, 0.29) is 0 Å². The van der Waals surface area contributed by atoms with E-state index in [0.29, 0.717) is 6.42 Å². The van der Waals surface area contributed by atoms with Gasteiger partial charge in [-0.25, -0.2) is 0 Å². The van der Waals surface area contributed by atoms with Crippen LogP contribution in [0.4, 0.5) is 0 Å². The molecular weight excluding hydrogens is 180 g/mol. The minimum Gasteiger partial charge on any atom is -0.303 e. The molecule has 0 fully saturated rings. The summed E-state index contributed by atoms with van der Waals surface area (Å²) in [7, 11) is 0. The molecule has 1 rings (SSSR count). The first-order chi connectivity index (χ1) is 6.33. The molecule has 1 nitrogen and oxygen atoms in total. The fraction of sp³-hybridized carbons (Fsp3) is 0.364. The number of thioether (sulfide) groups is 1. The Morgan fingerprint density at radius 1 is 1.31 bits per heavy atom. The maximum atomic E-state index is 10.1. The molecule has 0 aliphatic carbocycles. The van der Waals surface area contributed by atoms with Crippen LogP contribution in [0.15, 0.2) is 29.2 Å². The third-order valence-electron chi connectivity index (χ3n) is 1.76. The first-order valence-corrected chi connectivity index (χ1v) is 5.44. The number of hydrogen-bond acceptors (Lipinski definition) is 2. The smallest absolute Gasteiger partial charge is 0.120 e. The van der Waals surface area contributed by atoms with Crippen LogP contribution in [0.5, 0.6) is 0 Å². The number of aryl methyl sites for hydroxylation is 1. The Morgan fingerprint density at radius 2 is 2.00 bits per heavy atom. The Balaban J connectivity index is 2.28. The zero-order valence-corrected chi connectivity index (χ0v) is 8.64. The first-order valence-electron chi connectivity index (χ1n) is 4.46. The lowest BCUT2D eigenvalue weighted by Crippen LogP contribution is -1.81. The molecule has 1 aromatic carbocycles. The van der Waals surface area contributed by atoms with E-state index in [1.807, 2.05) is 11.8 Å². The van der Waals surface area contributed by atoms with Crippen LogP contribution in [-0.2, 0) is 4.79 Å². The summed E-state index contributed by atoms with van der Waals surface area (Å²) >= 11 is 1.81. The summed E-state index contributed by atoms with van der Waals surface area (Å²) in [6.45, 7) is 2.08. The number of unbranched alkanes of at least 4 members (excludes halogenated alkanes) is 1. The van der Waals surface area contributed by atoms with Crippen LogP contribution in [0, 0.1) is 6.92 Å². The molecule has 0 saturated heterocycles. The number of carbonyl (C=O) groups excluding carboxylic acids is 1. The van der Waals surface area contributed by atoms with Crippen molar-refractivity contribution in [2.45, 2.75) is 24.7 Å². The monoisotopic (exact) mass is 194 g/mol. The molecule has 0 unspecified atom stereocenters. The van der Waals surface area contributed by atoms with E-state index in [4.69, 9.17) is 0 Å². The van der Waals surface area contributed by atoms with Crippen LogP contribution in [-0.4, -0.2) is 12.0 Å². The van der Waals surface area contributed by atoms with Gasteiger partial charge in [-0.1, -0.05) is 17.7 Å². The Morgan fingerprint density at radius 3 is 2.62 bits per heavy atom. The van der Waals surface area contributed by atoms with Crippen molar-refractivity contribution >= 4 is 18.0 Å². The average molecular weight is 194 g/mol. The molecule has 0 atom stereocenters. The van der Waals surface area contributed by atoms with Crippen molar-refractivity contribution in [2.24, 2.45) is 0 Å². The second kappa shape index (κ2) is 5.81. The zero-order valence-electron chi connectivity index (χ0n) is 7.82. The molecule has 0 N–H and O–H groups in total. The maximum Gasteiger partial charge on any atom is 0.120 e. The Hall–Kier alpha value is -0.760. The number of hydrogen-bond donors (Lipinski definition) is 0. The van der Waals surface area contributed by atoms with E-state index in [2.05, 4.69) is 31.2 Å². The van der Waals surface area contributed by atoms with Crippen LogP contribution in [0.1, 0.15) is 18.4 Å². The van der Waals surface area contributed by atoms with Crippen molar-refractivity contribution in [3.8, 4) is 0 Å². The summed E-state index contributed by atoms with van der Waals surface area (Å²) in [4.78, 5) is 11.3. The van der Waals surface area contributed by atoms with Gasteiger partial charge in [-0.15, -0.1) is 11.8 Å². The molecule has 0 aromatic heterocycles. The van der Waals surface area contributed by atoms with Crippen molar-refractivity contribution < 1.29 is 4.79 Å². The Kier molecular flexibility index (Phi) is 4.61. The lowest BCUT2D eigenvalue weighted by Gasteiger charge is -1.99. The predicted octanol–water partition coefficient (Wildman–Crippen LogP) is 3.07. The van der Waals surface area contributed by atoms with E-state index in [0.717, 1.165) is 18.5 Å². The lowest BCUT2D eigenvalue weighted by atomic mass is 10.2. The molecule has 13 heavy (non-hydrogen) atoms. The number of rotatable bonds is 5. The molecule has 1 aromatic rings. The molecule has 0 saturated carbocycles. The summed E-state index contributed by atoms with van der Waals surface area (Å²) in [5.41, 5.74) is 1.29. The Bertz CT molecular complexity index is 253. The van der Waals surface area contributed by atoms with Crippen LogP contribution < -0.4 is 0 Å².